The number of aryl methyl sites for hydroxylation is 1. The van der Waals surface area contributed by atoms with Crippen molar-refractivity contribution in [3.8, 4) is 0 Å². The molecule has 1 atom stereocenters. The van der Waals surface area contributed by atoms with Crippen LogP contribution in [-0.4, -0.2) is 17.9 Å². The summed E-state index contributed by atoms with van der Waals surface area (Å²) in [5, 5.41) is 0. The van der Waals surface area contributed by atoms with Gasteiger partial charge in [0.15, 0.2) is 6.10 Å². The van der Waals surface area contributed by atoms with Crippen LogP contribution in [0, 0.1) is 6.92 Å². The van der Waals surface area contributed by atoms with Crippen LogP contribution >= 0.6 is 0 Å². The van der Waals surface area contributed by atoms with Crippen molar-refractivity contribution in [3.63, 3.8) is 0 Å². The predicted octanol–water partition coefficient (Wildman–Crippen LogP) is 2.13. The first-order valence-corrected chi connectivity index (χ1v) is 4.79. The highest BCUT2D eigenvalue weighted by Gasteiger charge is 2.17. The minimum atomic E-state index is -0.718. The molecule has 0 bridgehead atoms. The first kappa shape index (κ1) is 11.4. The fourth-order valence-electron chi connectivity index (χ4n) is 1.34. The Morgan fingerprint density at radius 3 is 2.53 bits per heavy atom. The van der Waals surface area contributed by atoms with Crippen LogP contribution < -0.4 is 0 Å². The molecule has 0 aliphatic heterocycles. The second-order valence-corrected chi connectivity index (χ2v) is 3.49. The van der Waals surface area contributed by atoms with Crippen molar-refractivity contribution in [3.05, 3.63) is 35.4 Å². The van der Waals surface area contributed by atoms with E-state index in [0.717, 1.165) is 5.56 Å². The van der Waals surface area contributed by atoms with Crippen LogP contribution in [0.15, 0.2) is 24.3 Å². The third kappa shape index (κ3) is 3.20. The fourth-order valence-corrected chi connectivity index (χ4v) is 1.34. The minimum absolute atomic E-state index is 0.172. The molecular formula is C12H14O3. The third-order valence-corrected chi connectivity index (χ3v) is 2.01. The molecule has 0 saturated carbocycles. The summed E-state index contributed by atoms with van der Waals surface area (Å²) in [5.74, 6) is -0.614. The molecule has 1 unspecified atom stereocenters. The fraction of sp³-hybridized carbons (Fsp3) is 0.333. The normalized spacial score (nSPS) is 11.9. The molecule has 0 aliphatic rings. The van der Waals surface area contributed by atoms with Gasteiger partial charge in [0.05, 0.1) is 0 Å². The van der Waals surface area contributed by atoms with Gasteiger partial charge in [-0.25, -0.2) is 0 Å². The lowest BCUT2D eigenvalue weighted by molar-refractivity contribution is -0.143. The highest BCUT2D eigenvalue weighted by atomic mass is 16.5. The largest absolute Gasteiger partial charge is 0.454 e. The summed E-state index contributed by atoms with van der Waals surface area (Å²) < 4.78 is 4.82. The molecule has 1 aromatic carbocycles. The van der Waals surface area contributed by atoms with Gasteiger partial charge in [0, 0.05) is 12.5 Å². The van der Waals surface area contributed by atoms with Crippen molar-refractivity contribution in [2.45, 2.75) is 26.9 Å². The molecule has 0 aliphatic carbocycles. The average molecular weight is 206 g/mol. The molecule has 3 nitrogen and oxygen atoms in total. The number of esters is 1. The van der Waals surface area contributed by atoms with E-state index in [0.29, 0.717) is 5.56 Å². The predicted molar refractivity (Wildman–Crippen MR) is 56.7 cm³/mol. The molecular weight excluding hydrogens is 192 g/mol. The van der Waals surface area contributed by atoms with Crippen molar-refractivity contribution < 1.29 is 14.3 Å². The molecule has 80 valence electrons. The molecule has 0 spiro atoms. The highest BCUT2D eigenvalue weighted by molar-refractivity contribution is 6.00. The molecule has 0 fully saturated rings. The van der Waals surface area contributed by atoms with E-state index >= 15 is 0 Å². The van der Waals surface area contributed by atoms with Gasteiger partial charge < -0.3 is 4.74 Å². The second-order valence-electron chi connectivity index (χ2n) is 3.49. The van der Waals surface area contributed by atoms with Gasteiger partial charge in [-0.05, 0) is 19.9 Å². The van der Waals surface area contributed by atoms with Gasteiger partial charge in [-0.1, -0.05) is 23.8 Å². The van der Waals surface area contributed by atoms with Crippen LogP contribution in [0.2, 0.25) is 0 Å². The maximum atomic E-state index is 11.8. The molecule has 0 N–H and O–H groups in total. The van der Waals surface area contributed by atoms with Crippen LogP contribution in [0.3, 0.4) is 0 Å². The standard InChI is InChI=1S/C12H14O3/c1-8-5-4-6-11(7-8)12(14)9(2)15-10(3)13/h4-7,9H,1-3H3. The van der Waals surface area contributed by atoms with Gasteiger partial charge in [0.1, 0.15) is 0 Å². The molecule has 0 radical (unpaired) electrons. The lowest BCUT2D eigenvalue weighted by atomic mass is 10.1. The quantitative estimate of drug-likeness (QED) is 0.562. The molecule has 0 amide bonds. The van der Waals surface area contributed by atoms with Crippen LogP contribution in [-0.2, 0) is 9.53 Å². The first-order chi connectivity index (χ1) is 7.00. The van der Waals surface area contributed by atoms with E-state index in [9.17, 15) is 9.59 Å². The van der Waals surface area contributed by atoms with Crippen LogP contribution in [0.4, 0.5) is 0 Å². The van der Waals surface area contributed by atoms with E-state index in [1.165, 1.54) is 6.92 Å². The summed E-state index contributed by atoms with van der Waals surface area (Å²) >= 11 is 0. The van der Waals surface area contributed by atoms with Crippen molar-refractivity contribution in [1.29, 1.82) is 0 Å². The number of benzene rings is 1. The zero-order valence-corrected chi connectivity index (χ0v) is 9.11. The van der Waals surface area contributed by atoms with Crippen LogP contribution in [0.5, 0.6) is 0 Å². The highest BCUT2D eigenvalue weighted by Crippen LogP contribution is 2.08. The van der Waals surface area contributed by atoms with Gasteiger partial charge in [0.2, 0.25) is 5.78 Å². The molecule has 0 heterocycles. The molecule has 1 aromatic rings. The lowest BCUT2D eigenvalue weighted by Gasteiger charge is -2.10. The first-order valence-electron chi connectivity index (χ1n) is 4.79. The zero-order chi connectivity index (χ0) is 11.4. The summed E-state index contributed by atoms with van der Waals surface area (Å²) in [6.45, 7) is 4.78. The third-order valence-electron chi connectivity index (χ3n) is 2.01. The number of ether oxygens (including phenoxy) is 1. The summed E-state index contributed by atoms with van der Waals surface area (Å²) in [5.41, 5.74) is 1.58. The van der Waals surface area contributed by atoms with Gasteiger partial charge in [-0.3, -0.25) is 9.59 Å². The Bertz CT molecular complexity index is 382. The molecule has 1 rings (SSSR count). The minimum Gasteiger partial charge on any atom is -0.454 e. The van der Waals surface area contributed by atoms with E-state index in [4.69, 9.17) is 4.74 Å². The Kier molecular flexibility index (Phi) is 3.61. The van der Waals surface area contributed by atoms with E-state index in [1.54, 1.807) is 19.1 Å². The lowest BCUT2D eigenvalue weighted by Crippen LogP contribution is -2.23. The SMILES string of the molecule is CC(=O)OC(C)C(=O)c1cccc(C)c1. The molecule has 0 aromatic heterocycles. The van der Waals surface area contributed by atoms with Crippen molar-refractivity contribution >= 4 is 11.8 Å². The summed E-state index contributed by atoms with van der Waals surface area (Å²) in [6, 6.07) is 7.22. The summed E-state index contributed by atoms with van der Waals surface area (Å²) in [4.78, 5) is 22.4. The monoisotopic (exact) mass is 206 g/mol. The number of rotatable bonds is 3. The van der Waals surface area contributed by atoms with Gasteiger partial charge in [-0.2, -0.15) is 0 Å². The number of hydrogen-bond donors (Lipinski definition) is 0. The van der Waals surface area contributed by atoms with E-state index < -0.39 is 12.1 Å². The number of ketones is 1. The molecule has 3 heteroatoms. The van der Waals surface area contributed by atoms with E-state index in [-0.39, 0.29) is 5.78 Å². The summed E-state index contributed by atoms with van der Waals surface area (Å²) in [7, 11) is 0. The Labute approximate surface area is 89.1 Å². The number of Topliss-reactive ketones (excluding diaryl/α,β-unsaturated/α-hetero) is 1. The Morgan fingerprint density at radius 1 is 1.33 bits per heavy atom. The average Bonchev–Trinajstić information content (AvgIpc) is 2.15. The number of carbonyl (C=O) groups is 2. The maximum absolute atomic E-state index is 11.8. The maximum Gasteiger partial charge on any atom is 0.303 e. The van der Waals surface area contributed by atoms with Crippen molar-refractivity contribution in [2.75, 3.05) is 0 Å². The molecule has 0 saturated heterocycles. The zero-order valence-electron chi connectivity index (χ0n) is 9.11. The second kappa shape index (κ2) is 4.73. The Hall–Kier alpha value is -1.64. The Balaban J connectivity index is 2.80. The number of carbonyl (C=O) groups excluding carboxylic acids is 2. The van der Waals surface area contributed by atoms with Gasteiger partial charge in [-0.15, -0.1) is 0 Å². The molecule has 15 heavy (non-hydrogen) atoms. The van der Waals surface area contributed by atoms with Gasteiger partial charge >= 0.3 is 5.97 Å². The van der Waals surface area contributed by atoms with Gasteiger partial charge in [0.25, 0.3) is 0 Å². The van der Waals surface area contributed by atoms with E-state index in [2.05, 4.69) is 0 Å². The Morgan fingerprint density at radius 2 is 2.00 bits per heavy atom. The number of hydrogen-bond acceptors (Lipinski definition) is 3. The summed E-state index contributed by atoms with van der Waals surface area (Å²) in [6.07, 6.45) is -0.718. The topological polar surface area (TPSA) is 43.4 Å². The van der Waals surface area contributed by atoms with Crippen LogP contribution in [0.1, 0.15) is 29.8 Å². The van der Waals surface area contributed by atoms with Crippen molar-refractivity contribution in [2.24, 2.45) is 0 Å². The van der Waals surface area contributed by atoms with Crippen molar-refractivity contribution in [1.82, 2.24) is 0 Å². The van der Waals surface area contributed by atoms with Crippen LogP contribution in [0.25, 0.3) is 0 Å². The smallest absolute Gasteiger partial charge is 0.303 e. The van der Waals surface area contributed by atoms with E-state index in [1.807, 2.05) is 19.1 Å².